The molecule has 18 heavy (non-hydrogen) atoms. The molecule has 2 aliphatic rings. The summed E-state index contributed by atoms with van der Waals surface area (Å²) in [6.45, 7) is 0.880. The Morgan fingerprint density at radius 3 is 3.00 bits per heavy atom. The smallest absolute Gasteiger partial charge is 0.472 e. The molecule has 2 aliphatic heterocycles. The lowest BCUT2D eigenvalue weighted by molar-refractivity contribution is -0.276. The van der Waals surface area contributed by atoms with E-state index in [1.165, 1.54) is 6.07 Å². The zero-order chi connectivity index (χ0) is 12.8. The summed E-state index contributed by atoms with van der Waals surface area (Å²) in [6, 6.07) is 2.82. The van der Waals surface area contributed by atoms with Crippen LogP contribution in [-0.2, 0) is 0 Å². The minimum absolute atomic E-state index is 0.0289. The Morgan fingerprint density at radius 1 is 1.39 bits per heavy atom. The second-order valence-corrected chi connectivity index (χ2v) is 4.32. The fourth-order valence-corrected chi connectivity index (χ4v) is 2.38. The zero-order valence-corrected chi connectivity index (χ0v) is 9.33. The molecule has 1 N–H and O–H groups in total. The molecule has 0 spiro atoms. The predicted molar refractivity (Wildman–Crippen MR) is 55.3 cm³/mol. The van der Waals surface area contributed by atoms with Crippen molar-refractivity contribution >= 4 is 0 Å². The number of alkyl halides is 3. The molecule has 0 unspecified atom stereocenters. The molecule has 3 rings (SSSR count). The Morgan fingerprint density at radius 2 is 2.22 bits per heavy atom. The molecule has 0 bridgehead atoms. The number of halogens is 3. The number of rotatable bonds is 1. The van der Waals surface area contributed by atoms with Crippen LogP contribution in [0.1, 0.15) is 24.4 Å². The van der Waals surface area contributed by atoms with Gasteiger partial charge in [-0.1, -0.05) is 0 Å². The van der Waals surface area contributed by atoms with Crippen molar-refractivity contribution in [3.8, 4) is 11.8 Å². The summed E-state index contributed by atoms with van der Waals surface area (Å²) >= 11 is 0. The summed E-state index contributed by atoms with van der Waals surface area (Å²) in [5.74, 6) is -0.249. The quantitative estimate of drug-likeness (QED) is 0.840. The third-order valence-corrected chi connectivity index (χ3v) is 3.08. The van der Waals surface area contributed by atoms with Crippen molar-refractivity contribution in [3.63, 3.8) is 0 Å². The van der Waals surface area contributed by atoms with Crippen molar-refractivity contribution in [3.05, 3.63) is 17.7 Å². The zero-order valence-electron chi connectivity index (χ0n) is 9.33. The number of aromatic nitrogens is 1. The van der Waals surface area contributed by atoms with Crippen molar-refractivity contribution in [2.75, 3.05) is 6.54 Å². The molecule has 0 saturated carbocycles. The maximum Gasteiger partial charge on any atom is 0.574 e. The average Bonchev–Trinajstić information content (AvgIpc) is 2.64. The van der Waals surface area contributed by atoms with Gasteiger partial charge in [0, 0.05) is 11.6 Å². The van der Waals surface area contributed by atoms with Crippen LogP contribution in [0.5, 0.6) is 11.8 Å². The number of ether oxygens (including phenoxy) is 2. The third kappa shape index (κ3) is 2.10. The topological polar surface area (TPSA) is 43.4 Å². The highest BCUT2D eigenvalue weighted by molar-refractivity contribution is 5.38. The molecular weight excluding hydrogens is 249 g/mol. The predicted octanol–water partition coefficient (Wildman–Crippen LogP) is 2.17. The number of piperidine rings is 1. The Labute approximate surface area is 101 Å². The van der Waals surface area contributed by atoms with Gasteiger partial charge in [-0.3, -0.25) is 0 Å². The third-order valence-electron chi connectivity index (χ3n) is 3.08. The number of nitrogens with zero attached hydrogens (tertiary/aromatic N) is 1. The van der Waals surface area contributed by atoms with Crippen LogP contribution >= 0.6 is 0 Å². The first-order valence-corrected chi connectivity index (χ1v) is 5.70. The molecule has 2 atom stereocenters. The van der Waals surface area contributed by atoms with Crippen molar-refractivity contribution < 1.29 is 22.6 Å². The lowest BCUT2D eigenvalue weighted by Gasteiger charge is -2.24. The first-order chi connectivity index (χ1) is 8.53. The molecule has 1 aromatic heterocycles. The van der Waals surface area contributed by atoms with Gasteiger partial charge in [0.1, 0.15) is 6.10 Å². The van der Waals surface area contributed by atoms with Crippen molar-refractivity contribution in [2.45, 2.75) is 31.3 Å². The number of hydrogen-bond acceptors (Lipinski definition) is 4. The van der Waals surface area contributed by atoms with Gasteiger partial charge in [0.2, 0.25) is 11.8 Å². The first kappa shape index (κ1) is 11.6. The standard InChI is InChI=1S/C11H11F3N2O2/c12-11(13,14)18-8-4-3-6-9-7(2-1-5-15-9)17-10(6)16-8/h3-4,7,9,15H,1-2,5H2/t7-,9-/m0/s1. The fraction of sp³-hybridized carbons (Fsp3) is 0.545. The molecular formula is C11H11F3N2O2. The lowest BCUT2D eigenvalue weighted by atomic mass is 9.98. The van der Waals surface area contributed by atoms with Crippen LogP contribution in [0.4, 0.5) is 13.2 Å². The number of nitrogens with one attached hydrogen (secondary N) is 1. The molecule has 4 nitrogen and oxygen atoms in total. The van der Waals surface area contributed by atoms with Gasteiger partial charge in [-0.05, 0) is 25.5 Å². The molecule has 3 heterocycles. The summed E-state index contributed by atoms with van der Waals surface area (Å²) in [5.41, 5.74) is 0.800. The van der Waals surface area contributed by atoms with Crippen LogP contribution in [0.2, 0.25) is 0 Å². The van der Waals surface area contributed by atoms with E-state index in [4.69, 9.17) is 4.74 Å². The van der Waals surface area contributed by atoms with Gasteiger partial charge in [0.25, 0.3) is 0 Å². The van der Waals surface area contributed by atoms with Gasteiger partial charge in [-0.15, -0.1) is 13.2 Å². The first-order valence-electron chi connectivity index (χ1n) is 5.70. The van der Waals surface area contributed by atoms with Gasteiger partial charge < -0.3 is 14.8 Å². The van der Waals surface area contributed by atoms with Crippen LogP contribution in [0.25, 0.3) is 0 Å². The van der Waals surface area contributed by atoms with Crippen molar-refractivity contribution in [1.29, 1.82) is 0 Å². The largest absolute Gasteiger partial charge is 0.574 e. The SMILES string of the molecule is FC(F)(F)Oc1ccc2c(n1)O[C@H]1CCCN[C@@H]21. The Kier molecular flexibility index (Phi) is 2.58. The molecule has 0 aromatic carbocycles. The van der Waals surface area contributed by atoms with Crippen molar-refractivity contribution in [1.82, 2.24) is 10.3 Å². The second kappa shape index (κ2) is 4.01. The molecule has 0 radical (unpaired) electrons. The summed E-state index contributed by atoms with van der Waals surface area (Å²) < 4.78 is 45.5. The minimum atomic E-state index is -4.73. The van der Waals surface area contributed by atoms with Crippen LogP contribution in [0.3, 0.4) is 0 Å². The molecule has 1 saturated heterocycles. The molecule has 98 valence electrons. The van der Waals surface area contributed by atoms with E-state index in [2.05, 4.69) is 15.0 Å². The van der Waals surface area contributed by atoms with Crippen molar-refractivity contribution in [2.24, 2.45) is 0 Å². The summed E-state index contributed by atoms with van der Waals surface area (Å²) in [6.07, 6.45) is -2.91. The molecule has 1 aromatic rings. The number of pyridine rings is 1. The number of fused-ring (bicyclic) bond motifs is 3. The van der Waals surface area contributed by atoms with E-state index in [9.17, 15) is 13.2 Å². The van der Waals surface area contributed by atoms with E-state index >= 15 is 0 Å². The molecule has 1 fully saturated rings. The van der Waals surface area contributed by atoms with Crippen LogP contribution in [0.15, 0.2) is 12.1 Å². The van der Waals surface area contributed by atoms with E-state index in [-0.39, 0.29) is 18.0 Å². The van der Waals surface area contributed by atoms with Gasteiger partial charge in [0.15, 0.2) is 0 Å². The monoisotopic (exact) mass is 260 g/mol. The maximum absolute atomic E-state index is 12.1. The van der Waals surface area contributed by atoms with Gasteiger partial charge in [-0.25, -0.2) is 0 Å². The lowest BCUT2D eigenvalue weighted by Crippen LogP contribution is -2.36. The average molecular weight is 260 g/mol. The van der Waals surface area contributed by atoms with Gasteiger partial charge in [0.05, 0.1) is 6.04 Å². The van der Waals surface area contributed by atoms with Crippen LogP contribution in [0, 0.1) is 0 Å². The Hall–Kier alpha value is -1.50. The summed E-state index contributed by atoms with van der Waals surface area (Å²) in [4.78, 5) is 3.76. The summed E-state index contributed by atoms with van der Waals surface area (Å²) in [7, 11) is 0. The van der Waals surface area contributed by atoms with Crippen LogP contribution in [-0.4, -0.2) is 24.0 Å². The van der Waals surface area contributed by atoms with E-state index in [1.54, 1.807) is 6.07 Å². The Bertz CT molecular complexity index is 464. The minimum Gasteiger partial charge on any atom is -0.472 e. The normalized spacial score (nSPS) is 26.2. The number of hydrogen-bond donors (Lipinski definition) is 1. The van der Waals surface area contributed by atoms with E-state index in [1.807, 2.05) is 0 Å². The summed E-state index contributed by atoms with van der Waals surface area (Å²) in [5, 5.41) is 3.28. The molecule has 0 amide bonds. The van der Waals surface area contributed by atoms with E-state index in [0.717, 1.165) is 24.9 Å². The fourth-order valence-electron chi connectivity index (χ4n) is 2.38. The highest BCUT2D eigenvalue weighted by Gasteiger charge is 2.38. The van der Waals surface area contributed by atoms with Gasteiger partial charge in [-0.2, -0.15) is 4.98 Å². The second-order valence-electron chi connectivity index (χ2n) is 4.32. The van der Waals surface area contributed by atoms with Crippen LogP contribution < -0.4 is 14.8 Å². The molecule has 0 aliphatic carbocycles. The maximum atomic E-state index is 12.1. The van der Waals surface area contributed by atoms with E-state index in [0.29, 0.717) is 0 Å². The Balaban J connectivity index is 1.85. The van der Waals surface area contributed by atoms with E-state index < -0.39 is 12.2 Å². The van der Waals surface area contributed by atoms with Gasteiger partial charge >= 0.3 is 6.36 Å². The molecule has 7 heteroatoms. The highest BCUT2D eigenvalue weighted by Crippen LogP contribution is 2.40. The highest BCUT2D eigenvalue weighted by atomic mass is 19.4.